The predicted molar refractivity (Wildman–Crippen MR) is 59.7 cm³/mol. The van der Waals surface area contributed by atoms with Gasteiger partial charge in [-0.25, -0.2) is 0 Å². The predicted octanol–water partition coefficient (Wildman–Crippen LogP) is 1.96. The zero-order chi connectivity index (χ0) is 9.47. The number of benzene rings is 1. The maximum absolute atomic E-state index is 11.0. The molecular weight excluding hydrogens is 246 g/mol. The van der Waals surface area contributed by atoms with Crippen LogP contribution >= 0.6 is 17.0 Å². The average molecular weight is 258 g/mol. The molecule has 1 fully saturated rings. The van der Waals surface area contributed by atoms with Crippen LogP contribution < -0.4 is 5.73 Å². The summed E-state index contributed by atoms with van der Waals surface area (Å²) < 4.78 is 0. The second-order valence-electron chi connectivity index (χ2n) is 3.51. The lowest BCUT2D eigenvalue weighted by atomic mass is 9.96. The minimum Gasteiger partial charge on any atom is -0.481 e. The maximum Gasteiger partial charge on any atom is 0.314 e. The number of nitrogen functional groups attached to an aromatic ring is 1. The van der Waals surface area contributed by atoms with Crippen molar-refractivity contribution in [3.05, 3.63) is 29.8 Å². The molecule has 0 aromatic heterocycles. The Morgan fingerprint density at radius 3 is 2.50 bits per heavy atom. The van der Waals surface area contributed by atoms with Crippen LogP contribution in [0.5, 0.6) is 0 Å². The second kappa shape index (κ2) is 3.61. The van der Waals surface area contributed by atoms with E-state index < -0.39 is 11.4 Å². The Hall–Kier alpha value is -1.03. The Morgan fingerprint density at radius 2 is 2.07 bits per heavy atom. The number of rotatable bonds is 2. The summed E-state index contributed by atoms with van der Waals surface area (Å²) in [6.45, 7) is 0. The van der Waals surface area contributed by atoms with Crippen LogP contribution in [0.1, 0.15) is 18.4 Å². The third-order valence-electron chi connectivity index (χ3n) is 2.60. The SMILES string of the molecule is Br.Nc1cccc(C2(C(=O)O)CC2)c1. The van der Waals surface area contributed by atoms with E-state index in [9.17, 15) is 4.79 Å². The number of aliphatic carboxylic acids is 1. The molecule has 0 saturated heterocycles. The molecule has 1 aliphatic carbocycles. The van der Waals surface area contributed by atoms with E-state index in [4.69, 9.17) is 10.8 Å². The van der Waals surface area contributed by atoms with Crippen LogP contribution in [0.2, 0.25) is 0 Å². The largest absolute Gasteiger partial charge is 0.481 e. The minimum absolute atomic E-state index is 0. The molecule has 0 heterocycles. The summed E-state index contributed by atoms with van der Waals surface area (Å²) in [5.41, 5.74) is 6.42. The van der Waals surface area contributed by atoms with Crippen molar-refractivity contribution in [1.29, 1.82) is 0 Å². The Kier molecular flexibility index (Phi) is 2.85. The highest BCUT2D eigenvalue weighted by atomic mass is 79.9. The van der Waals surface area contributed by atoms with E-state index in [-0.39, 0.29) is 17.0 Å². The van der Waals surface area contributed by atoms with Gasteiger partial charge in [-0.1, -0.05) is 12.1 Å². The number of carboxylic acid groups (broad SMARTS) is 1. The van der Waals surface area contributed by atoms with Crippen LogP contribution in [0.3, 0.4) is 0 Å². The van der Waals surface area contributed by atoms with Gasteiger partial charge in [-0.3, -0.25) is 4.79 Å². The van der Waals surface area contributed by atoms with E-state index in [2.05, 4.69) is 0 Å². The number of hydrogen-bond donors (Lipinski definition) is 2. The number of hydrogen-bond acceptors (Lipinski definition) is 2. The van der Waals surface area contributed by atoms with Crippen molar-refractivity contribution in [3.8, 4) is 0 Å². The molecule has 0 radical (unpaired) electrons. The number of anilines is 1. The van der Waals surface area contributed by atoms with Gasteiger partial charge in [0, 0.05) is 5.69 Å². The van der Waals surface area contributed by atoms with Gasteiger partial charge in [0.2, 0.25) is 0 Å². The molecule has 0 atom stereocenters. The first kappa shape index (κ1) is 11.0. The molecule has 0 amide bonds. The molecule has 0 bridgehead atoms. The molecule has 1 aromatic rings. The smallest absolute Gasteiger partial charge is 0.314 e. The minimum atomic E-state index is -0.738. The first-order valence-corrected chi connectivity index (χ1v) is 4.24. The third-order valence-corrected chi connectivity index (χ3v) is 2.60. The van der Waals surface area contributed by atoms with Gasteiger partial charge in [0.15, 0.2) is 0 Å². The lowest BCUT2D eigenvalue weighted by Gasteiger charge is -2.09. The molecule has 0 unspecified atom stereocenters. The molecule has 0 spiro atoms. The topological polar surface area (TPSA) is 63.3 Å². The van der Waals surface area contributed by atoms with Crippen molar-refractivity contribution >= 4 is 28.6 Å². The molecule has 76 valence electrons. The van der Waals surface area contributed by atoms with Gasteiger partial charge in [-0.05, 0) is 30.5 Å². The fourth-order valence-corrected chi connectivity index (χ4v) is 1.59. The molecule has 4 heteroatoms. The second-order valence-corrected chi connectivity index (χ2v) is 3.51. The van der Waals surface area contributed by atoms with E-state index in [1.54, 1.807) is 18.2 Å². The van der Waals surface area contributed by atoms with E-state index in [1.165, 1.54) is 0 Å². The van der Waals surface area contributed by atoms with Crippen LogP contribution in [0.25, 0.3) is 0 Å². The first-order valence-electron chi connectivity index (χ1n) is 4.24. The van der Waals surface area contributed by atoms with E-state index in [0.29, 0.717) is 5.69 Å². The summed E-state index contributed by atoms with van der Waals surface area (Å²) >= 11 is 0. The molecule has 3 nitrogen and oxygen atoms in total. The highest BCUT2D eigenvalue weighted by Gasteiger charge is 2.51. The highest BCUT2D eigenvalue weighted by molar-refractivity contribution is 8.93. The van der Waals surface area contributed by atoms with E-state index in [0.717, 1.165) is 18.4 Å². The molecule has 0 aliphatic heterocycles. The Morgan fingerprint density at radius 1 is 1.43 bits per heavy atom. The first-order chi connectivity index (χ1) is 6.15. The van der Waals surface area contributed by atoms with Crippen LogP contribution in [-0.2, 0) is 10.2 Å². The van der Waals surface area contributed by atoms with Crippen LogP contribution in [0.4, 0.5) is 5.69 Å². The zero-order valence-electron chi connectivity index (χ0n) is 7.56. The monoisotopic (exact) mass is 257 g/mol. The number of carboxylic acids is 1. The van der Waals surface area contributed by atoms with E-state index >= 15 is 0 Å². The standard InChI is InChI=1S/C10H11NO2.BrH/c11-8-3-1-2-7(6-8)10(4-5-10)9(12)13;/h1-3,6H,4-5,11H2,(H,12,13);1H. The van der Waals surface area contributed by atoms with E-state index in [1.807, 2.05) is 6.07 Å². The van der Waals surface area contributed by atoms with Crippen molar-refractivity contribution < 1.29 is 9.90 Å². The molecular formula is C10H12BrNO2. The van der Waals surface area contributed by atoms with Gasteiger partial charge in [0.1, 0.15) is 0 Å². The molecule has 3 N–H and O–H groups in total. The summed E-state index contributed by atoms with van der Waals surface area (Å²) in [5, 5.41) is 9.01. The summed E-state index contributed by atoms with van der Waals surface area (Å²) in [5.74, 6) is -0.738. The van der Waals surface area contributed by atoms with Gasteiger partial charge < -0.3 is 10.8 Å². The number of carbonyl (C=O) groups is 1. The van der Waals surface area contributed by atoms with Crippen LogP contribution in [0.15, 0.2) is 24.3 Å². The Labute approximate surface area is 92.7 Å². The lowest BCUT2D eigenvalue weighted by molar-refractivity contribution is -0.140. The summed E-state index contributed by atoms with van der Waals surface area (Å²) in [6, 6.07) is 7.15. The summed E-state index contributed by atoms with van der Waals surface area (Å²) in [4.78, 5) is 11.0. The van der Waals surface area contributed by atoms with Crippen molar-refractivity contribution in [2.45, 2.75) is 18.3 Å². The summed E-state index contributed by atoms with van der Waals surface area (Å²) in [6.07, 6.45) is 1.46. The molecule has 1 saturated carbocycles. The molecule has 1 aromatic carbocycles. The normalized spacial score (nSPS) is 16.9. The molecule has 1 aliphatic rings. The van der Waals surface area contributed by atoms with Crippen molar-refractivity contribution in [2.24, 2.45) is 0 Å². The van der Waals surface area contributed by atoms with Crippen LogP contribution in [0, 0.1) is 0 Å². The number of halogens is 1. The van der Waals surface area contributed by atoms with Gasteiger partial charge in [-0.15, -0.1) is 17.0 Å². The Bertz CT molecular complexity index is 361. The van der Waals surface area contributed by atoms with Gasteiger partial charge in [-0.2, -0.15) is 0 Å². The van der Waals surface area contributed by atoms with Crippen molar-refractivity contribution in [1.82, 2.24) is 0 Å². The zero-order valence-corrected chi connectivity index (χ0v) is 9.28. The fraction of sp³-hybridized carbons (Fsp3) is 0.300. The fourth-order valence-electron chi connectivity index (χ4n) is 1.59. The molecule has 2 rings (SSSR count). The maximum atomic E-state index is 11.0. The van der Waals surface area contributed by atoms with Crippen molar-refractivity contribution in [3.63, 3.8) is 0 Å². The Balaban J connectivity index is 0.000000980. The summed E-state index contributed by atoms with van der Waals surface area (Å²) in [7, 11) is 0. The average Bonchev–Trinajstić information content (AvgIpc) is 2.83. The molecule has 14 heavy (non-hydrogen) atoms. The third kappa shape index (κ3) is 1.62. The lowest BCUT2D eigenvalue weighted by Crippen LogP contribution is -2.19. The van der Waals surface area contributed by atoms with Gasteiger partial charge in [0.25, 0.3) is 0 Å². The number of nitrogens with two attached hydrogens (primary N) is 1. The van der Waals surface area contributed by atoms with Gasteiger partial charge >= 0.3 is 5.97 Å². The quantitative estimate of drug-likeness (QED) is 0.797. The van der Waals surface area contributed by atoms with Gasteiger partial charge in [0.05, 0.1) is 5.41 Å². The van der Waals surface area contributed by atoms with Crippen molar-refractivity contribution in [2.75, 3.05) is 5.73 Å². The van der Waals surface area contributed by atoms with Crippen LogP contribution in [-0.4, -0.2) is 11.1 Å². The highest BCUT2D eigenvalue weighted by Crippen LogP contribution is 2.48.